The molecule has 0 saturated carbocycles. The first-order chi connectivity index (χ1) is 12.1. The van der Waals surface area contributed by atoms with Crippen molar-refractivity contribution in [3.8, 4) is 11.4 Å². The fourth-order valence-electron chi connectivity index (χ4n) is 3.31. The SMILES string of the molecule is CCN1CCN(c2ccc(-c3nc4nc(C)[nH]c4c(=O)[nH]3)cc2)CC1. The third kappa shape index (κ3) is 3.02. The molecular formula is C18H22N6O. The summed E-state index contributed by atoms with van der Waals surface area (Å²) in [6.45, 7) is 9.41. The van der Waals surface area contributed by atoms with Crippen molar-refractivity contribution in [1.29, 1.82) is 0 Å². The van der Waals surface area contributed by atoms with Gasteiger partial charge in [-0.2, -0.15) is 0 Å². The van der Waals surface area contributed by atoms with E-state index >= 15 is 0 Å². The van der Waals surface area contributed by atoms with Crippen molar-refractivity contribution >= 4 is 16.9 Å². The van der Waals surface area contributed by atoms with Crippen molar-refractivity contribution in [2.45, 2.75) is 13.8 Å². The lowest BCUT2D eigenvalue weighted by molar-refractivity contribution is 0.271. The van der Waals surface area contributed by atoms with Crippen LogP contribution in [0.1, 0.15) is 12.7 Å². The van der Waals surface area contributed by atoms with Crippen molar-refractivity contribution < 1.29 is 0 Å². The number of imidazole rings is 1. The molecular weight excluding hydrogens is 316 g/mol. The number of hydrogen-bond donors (Lipinski definition) is 2. The molecule has 4 rings (SSSR count). The van der Waals surface area contributed by atoms with Crippen molar-refractivity contribution in [2.75, 3.05) is 37.6 Å². The van der Waals surface area contributed by atoms with E-state index in [0.717, 1.165) is 38.3 Å². The number of H-pyrrole nitrogens is 2. The molecule has 0 atom stereocenters. The highest BCUT2D eigenvalue weighted by molar-refractivity contribution is 5.72. The number of nitrogens with one attached hydrogen (secondary N) is 2. The molecule has 0 unspecified atom stereocenters. The molecule has 7 heteroatoms. The summed E-state index contributed by atoms with van der Waals surface area (Å²) in [5.41, 5.74) is 2.78. The Bertz CT molecular complexity index is 934. The largest absolute Gasteiger partial charge is 0.369 e. The Morgan fingerprint density at radius 1 is 1.04 bits per heavy atom. The van der Waals surface area contributed by atoms with Crippen LogP contribution in [-0.2, 0) is 0 Å². The molecule has 1 aliphatic heterocycles. The second-order valence-corrected chi connectivity index (χ2v) is 6.40. The summed E-state index contributed by atoms with van der Waals surface area (Å²) >= 11 is 0. The van der Waals surface area contributed by atoms with Gasteiger partial charge in [0.15, 0.2) is 11.2 Å². The molecule has 0 radical (unpaired) electrons. The van der Waals surface area contributed by atoms with Gasteiger partial charge in [-0.3, -0.25) is 4.79 Å². The first-order valence-corrected chi connectivity index (χ1v) is 8.68. The summed E-state index contributed by atoms with van der Waals surface area (Å²) in [5, 5.41) is 0. The third-order valence-corrected chi connectivity index (χ3v) is 4.81. The molecule has 25 heavy (non-hydrogen) atoms. The average molecular weight is 338 g/mol. The minimum absolute atomic E-state index is 0.194. The zero-order chi connectivity index (χ0) is 17.4. The van der Waals surface area contributed by atoms with Crippen LogP contribution in [0.3, 0.4) is 0 Å². The van der Waals surface area contributed by atoms with E-state index in [4.69, 9.17) is 0 Å². The molecule has 0 bridgehead atoms. The van der Waals surface area contributed by atoms with E-state index in [2.05, 4.69) is 48.8 Å². The number of likely N-dealkylation sites (N-methyl/N-ethyl adjacent to an activating group) is 1. The molecule has 2 N–H and O–H groups in total. The van der Waals surface area contributed by atoms with Crippen molar-refractivity contribution in [2.24, 2.45) is 0 Å². The van der Waals surface area contributed by atoms with Gasteiger partial charge in [0.2, 0.25) is 0 Å². The van der Waals surface area contributed by atoms with Crippen LogP contribution in [0.2, 0.25) is 0 Å². The Morgan fingerprint density at radius 3 is 2.44 bits per heavy atom. The number of benzene rings is 1. The Kier molecular flexibility index (Phi) is 4.01. The Labute approximate surface area is 145 Å². The second kappa shape index (κ2) is 6.33. The molecule has 2 aromatic heterocycles. The second-order valence-electron chi connectivity index (χ2n) is 6.40. The van der Waals surface area contributed by atoms with E-state index in [0.29, 0.717) is 22.8 Å². The zero-order valence-corrected chi connectivity index (χ0v) is 14.5. The van der Waals surface area contributed by atoms with Gasteiger partial charge < -0.3 is 19.8 Å². The summed E-state index contributed by atoms with van der Waals surface area (Å²) < 4.78 is 0. The van der Waals surface area contributed by atoms with Gasteiger partial charge in [0, 0.05) is 37.4 Å². The van der Waals surface area contributed by atoms with E-state index in [1.54, 1.807) is 0 Å². The van der Waals surface area contributed by atoms with Gasteiger partial charge >= 0.3 is 0 Å². The number of nitrogens with zero attached hydrogens (tertiary/aromatic N) is 4. The lowest BCUT2D eigenvalue weighted by Crippen LogP contribution is -2.46. The minimum Gasteiger partial charge on any atom is -0.369 e. The molecule has 1 saturated heterocycles. The Hall–Kier alpha value is -2.67. The van der Waals surface area contributed by atoms with Crippen LogP contribution in [0.25, 0.3) is 22.6 Å². The molecule has 1 fully saturated rings. The summed E-state index contributed by atoms with van der Waals surface area (Å²) in [6, 6.07) is 8.20. The van der Waals surface area contributed by atoms with Gasteiger partial charge in [0.1, 0.15) is 11.6 Å². The zero-order valence-electron chi connectivity index (χ0n) is 14.5. The monoisotopic (exact) mass is 338 g/mol. The lowest BCUT2D eigenvalue weighted by atomic mass is 10.1. The third-order valence-electron chi connectivity index (χ3n) is 4.81. The summed E-state index contributed by atoms with van der Waals surface area (Å²) in [4.78, 5) is 31.5. The molecule has 0 amide bonds. The molecule has 1 aliphatic rings. The van der Waals surface area contributed by atoms with E-state index < -0.39 is 0 Å². The van der Waals surface area contributed by atoms with Crippen LogP contribution in [-0.4, -0.2) is 57.6 Å². The van der Waals surface area contributed by atoms with Gasteiger partial charge in [-0.1, -0.05) is 6.92 Å². The smallest absolute Gasteiger partial charge is 0.277 e. The fourth-order valence-corrected chi connectivity index (χ4v) is 3.31. The van der Waals surface area contributed by atoms with Crippen LogP contribution in [0, 0.1) is 6.92 Å². The van der Waals surface area contributed by atoms with Crippen LogP contribution in [0.4, 0.5) is 5.69 Å². The average Bonchev–Trinajstić information content (AvgIpc) is 3.03. The summed E-state index contributed by atoms with van der Waals surface area (Å²) in [6.07, 6.45) is 0. The number of rotatable bonds is 3. The number of anilines is 1. The Balaban J connectivity index is 1.59. The van der Waals surface area contributed by atoms with Crippen molar-refractivity contribution in [3.05, 3.63) is 40.4 Å². The maximum absolute atomic E-state index is 12.2. The van der Waals surface area contributed by atoms with Crippen LogP contribution in [0.5, 0.6) is 0 Å². The molecule has 130 valence electrons. The highest BCUT2D eigenvalue weighted by Gasteiger charge is 2.16. The molecule has 7 nitrogen and oxygen atoms in total. The van der Waals surface area contributed by atoms with Crippen LogP contribution in [0.15, 0.2) is 29.1 Å². The maximum atomic E-state index is 12.2. The summed E-state index contributed by atoms with van der Waals surface area (Å²) in [5.74, 6) is 1.23. The summed E-state index contributed by atoms with van der Waals surface area (Å²) in [7, 11) is 0. The van der Waals surface area contributed by atoms with E-state index in [1.807, 2.05) is 19.1 Å². The molecule has 1 aromatic carbocycles. The number of aromatic nitrogens is 4. The van der Waals surface area contributed by atoms with Gasteiger partial charge in [-0.05, 0) is 37.7 Å². The number of piperazine rings is 1. The number of aromatic amines is 2. The molecule has 3 aromatic rings. The highest BCUT2D eigenvalue weighted by atomic mass is 16.1. The topological polar surface area (TPSA) is 80.9 Å². The predicted octanol–water partition coefficient (Wildman–Crippen LogP) is 1.76. The fraction of sp³-hybridized carbons (Fsp3) is 0.389. The van der Waals surface area contributed by atoms with Gasteiger partial charge in [0.05, 0.1) is 0 Å². The maximum Gasteiger partial charge on any atom is 0.277 e. The van der Waals surface area contributed by atoms with Crippen molar-refractivity contribution in [1.82, 2.24) is 24.8 Å². The van der Waals surface area contributed by atoms with E-state index in [1.165, 1.54) is 5.69 Å². The quantitative estimate of drug-likeness (QED) is 0.761. The first kappa shape index (κ1) is 15.8. The first-order valence-electron chi connectivity index (χ1n) is 8.68. The predicted molar refractivity (Wildman–Crippen MR) is 99.0 cm³/mol. The van der Waals surface area contributed by atoms with Gasteiger partial charge in [-0.25, -0.2) is 9.97 Å². The molecule has 3 heterocycles. The normalized spacial score (nSPS) is 15.8. The van der Waals surface area contributed by atoms with Crippen molar-refractivity contribution in [3.63, 3.8) is 0 Å². The number of aryl methyl sites for hydroxylation is 1. The van der Waals surface area contributed by atoms with Crippen LogP contribution >= 0.6 is 0 Å². The van der Waals surface area contributed by atoms with Gasteiger partial charge in [-0.15, -0.1) is 0 Å². The van der Waals surface area contributed by atoms with Crippen LogP contribution < -0.4 is 10.5 Å². The van der Waals surface area contributed by atoms with E-state index in [9.17, 15) is 4.79 Å². The number of hydrogen-bond acceptors (Lipinski definition) is 5. The number of fused-ring (bicyclic) bond motifs is 1. The Morgan fingerprint density at radius 2 is 1.76 bits per heavy atom. The van der Waals surface area contributed by atoms with Gasteiger partial charge in [0.25, 0.3) is 5.56 Å². The molecule has 0 aliphatic carbocycles. The standard InChI is InChI=1S/C18H22N6O/c1-3-23-8-10-24(11-9-23)14-6-4-13(5-7-14)16-21-17-15(18(25)22-16)19-12(2)20-17/h4-7H,3,8-11H2,1-2H3,(H2,19,20,21,22,25). The molecule has 0 spiro atoms. The lowest BCUT2D eigenvalue weighted by Gasteiger charge is -2.35. The highest BCUT2D eigenvalue weighted by Crippen LogP contribution is 2.22. The van der Waals surface area contributed by atoms with E-state index in [-0.39, 0.29) is 5.56 Å². The minimum atomic E-state index is -0.194.